The largest absolute Gasteiger partial charge is 0.466 e. The molecule has 1 fully saturated rings. The van der Waals surface area contributed by atoms with E-state index in [2.05, 4.69) is 4.90 Å². The Morgan fingerprint density at radius 3 is 2.59 bits per heavy atom. The molecule has 1 aliphatic heterocycles. The average Bonchev–Trinajstić information content (AvgIpc) is 2.26. The van der Waals surface area contributed by atoms with E-state index in [0.29, 0.717) is 13.0 Å². The highest BCUT2D eigenvalue weighted by Crippen LogP contribution is 2.24. The van der Waals surface area contributed by atoms with Gasteiger partial charge in [0.15, 0.2) is 0 Å². The summed E-state index contributed by atoms with van der Waals surface area (Å²) in [5.41, 5.74) is -0.426. The summed E-state index contributed by atoms with van der Waals surface area (Å²) in [7, 11) is 0. The SMILES string of the molecule is CCOC(=O)CCCCCN1CC(O)(CC)C1. The molecule has 0 saturated carbocycles. The molecule has 1 N–H and O–H groups in total. The molecule has 1 heterocycles. The molecule has 1 saturated heterocycles. The fourth-order valence-electron chi connectivity index (χ4n) is 2.18. The van der Waals surface area contributed by atoms with E-state index in [1.165, 1.54) is 0 Å². The zero-order valence-electron chi connectivity index (χ0n) is 11.1. The van der Waals surface area contributed by atoms with Crippen LogP contribution >= 0.6 is 0 Å². The molecule has 100 valence electrons. The third-order valence-electron chi connectivity index (χ3n) is 3.35. The summed E-state index contributed by atoms with van der Waals surface area (Å²) >= 11 is 0. The molecule has 0 radical (unpaired) electrons. The van der Waals surface area contributed by atoms with Gasteiger partial charge in [-0.3, -0.25) is 9.69 Å². The van der Waals surface area contributed by atoms with Crippen molar-refractivity contribution in [1.82, 2.24) is 4.90 Å². The molecule has 4 nitrogen and oxygen atoms in total. The summed E-state index contributed by atoms with van der Waals surface area (Å²) in [6.07, 6.45) is 4.43. The first-order valence-corrected chi connectivity index (χ1v) is 6.70. The molecule has 0 amide bonds. The van der Waals surface area contributed by atoms with Gasteiger partial charge in [0, 0.05) is 19.5 Å². The maximum absolute atomic E-state index is 11.1. The highest BCUT2D eigenvalue weighted by molar-refractivity contribution is 5.69. The minimum Gasteiger partial charge on any atom is -0.466 e. The summed E-state index contributed by atoms with van der Waals surface area (Å²) in [5.74, 6) is -0.0863. The molecule has 0 unspecified atom stereocenters. The second-order valence-corrected chi connectivity index (χ2v) is 4.90. The fraction of sp³-hybridized carbons (Fsp3) is 0.923. The lowest BCUT2D eigenvalue weighted by atomic mass is 9.91. The molecule has 0 aliphatic carbocycles. The third-order valence-corrected chi connectivity index (χ3v) is 3.35. The number of carbonyl (C=O) groups excluding carboxylic acids is 1. The molecule has 17 heavy (non-hydrogen) atoms. The minimum atomic E-state index is -0.426. The van der Waals surface area contributed by atoms with Crippen molar-refractivity contribution in [1.29, 1.82) is 0 Å². The second-order valence-electron chi connectivity index (χ2n) is 4.90. The lowest BCUT2D eigenvalue weighted by Crippen LogP contribution is -2.61. The van der Waals surface area contributed by atoms with E-state index in [-0.39, 0.29) is 5.97 Å². The smallest absolute Gasteiger partial charge is 0.305 e. The van der Waals surface area contributed by atoms with Crippen LogP contribution in [0.15, 0.2) is 0 Å². The van der Waals surface area contributed by atoms with Crippen LogP contribution in [0.5, 0.6) is 0 Å². The summed E-state index contributed by atoms with van der Waals surface area (Å²) < 4.78 is 4.86. The first-order valence-electron chi connectivity index (χ1n) is 6.70. The van der Waals surface area contributed by atoms with Crippen LogP contribution in [-0.4, -0.2) is 47.8 Å². The van der Waals surface area contributed by atoms with Gasteiger partial charge in [0.25, 0.3) is 0 Å². The van der Waals surface area contributed by atoms with E-state index < -0.39 is 5.60 Å². The Morgan fingerprint density at radius 2 is 2.00 bits per heavy atom. The number of ether oxygens (including phenoxy) is 1. The first-order chi connectivity index (χ1) is 8.09. The van der Waals surface area contributed by atoms with Crippen LogP contribution in [0, 0.1) is 0 Å². The van der Waals surface area contributed by atoms with Crippen molar-refractivity contribution in [3.63, 3.8) is 0 Å². The van der Waals surface area contributed by atoms with Gasteiger partial charge < -0.3 is 9.84 Å². The zero-order valence-corrected chi connectivity index (χ0v) is 11.1. The topological polar surface area (TPSA) is 49.8 Å². The number of unbranched alkanes of at least 4 members (excludes halogenated alkanes) is 2. The average molecular weight is 243 g/mol. The Balaban J connectivity index is 1.91. The molecule has 4 heteroatoms. The van der Waals surface area contributed by atoms with E-state index in [4.69, 9.17) is 4.74 Å². The van der Waals surface area contributed by atoms with E-state index in [9.17, 15) is 9.90 Å². The van der Waals surface area contributed by atoms with Gasteiger partial charge in [-0.2, -0.15) is 0 Å². The number of β-amino-alcohol motifs (C(OH)–C–C–N with tert-alkyl or cyclic N) is 1. The normalized spacial score (nSPS) is 18.8. The first kappa shape index (κ1) is 14.5. The van der Waals surface area contributed by atoms with Crippen molar-refractivity contribution in [3.05, 3.63) is 0 Å². The molecule has 0 bridgehead atoms. The second kappa shape index (κ2) is 6.97. The van der Waals surface area contributed by atoms with Gasteiger partial charge in [-0.05, 0) is 32.7 Å². The zero-order chi connectivity index (χ0) is 12.7. The molecular weight excluding hydrogens is 218 g/mol. The van der Waals surface area contributed by atoms with Crippen LogP contribution in [0.2, 0.25) is 0 Å². The lowest BCUT2D eigenvalue weighted by Gasteiger charge is -2.46. The highest BCUT2D eigenvalue weighted by atomic mass is 16.5. The van der Waals surface area contributed by atoms with Gasteiger partial charge in [0.05, 0.1) is 12.2 Å². The number of esters is 1. The van der Waals surface area contributed by atoms with Crippen LogP contribution in [0.4, 0.5) is 0 Å². The Kier molecular flexibility index (Phi) is 5.92. The van der Waals surface area contributed by atoms with Gasteiger partial charge in [-0.25, -0.2) is 0 Å². The molecule has 1 aliphatic rings. The molecule has 0 spiro atoms. The quantitative estimate of drug-likeness (QED) is 0.519. The Morgan fingerprint density at radius 1 is 1.29 bits per heavy atom. The molecule has 0 aromatic heterocycles. The molecule has 0 aromatic carbocycles. The van der Waals surface area contributed by atoms with Gasteiger partial charge in [0.1, 0.15) is 0 Å². The lowest BCUT2D eigenvalue weighted by molar-refractivity contribution is -0.143. The monoisotopic (exact) mass is 243 g/mol. The van der Waals surface area contributed by atoms with Crippen LogP contribution in [-0.2, 0) is 9.53 Å². The van der Waals surface area contributed by atoms with Crippen LogP contribution in [0.25, 0.3) is 0 Å². The van der Waals surface area contributed by atoms with Crippen LogP contribution in [0.3, 0.4) is 0 Å². The number of nitrogens with zero attached hydrogens (tertiary/aromatic N) is 1. The van der Waals surface area contributed by atoms with Crippen molar-refractivity contribution < 1.29 is 14.6 Å². The van der Waals surface area contributed by atoms with Crippen molar-refractivity contribution in [3.8, 4) is 0 Å². The van der Waals surface area contributed by atoms with Gasteiger partial charge in [-0.15, -0.1) is 0 Å². The van der Waals surface area contributed by atoms with Crippen molar-refractivity contribution in [2.75, 3.05) is 26.2 Å². The molecular formula is C13H25NO3. The van der Waals surface area contributed by atoms with E-state index in [1.807, 2.05) is 13.8 Å². The van der Waals surface area contributed by atoms with Gasteiger partial charge >= 0.3 is 5.97 Å². The van der Waals surface area contributed by atoms with E-state index in [1.54, 1.807) is 0 Å². The predicted octanol–water partition coefficient (Wildman–Crippen LogP) is 1.57. The summed E-state index contributed by atoms with van der Waals surface area (Å²) in [6.45, 7) is 6.98. The Hall–Kier alpha value is -0.610. The number of carbonyl (C=O) groups is 1. The maximum atomic E-state index is 11.1. The van der Waals surface area contributed by atoms with E-state index in [0.717, 1.165) is 45.3 Å². The summed E-state index contributed by atoms with van der Waals surface area (Å²) in [6, 6.07) is 0. The van der Waals surface area contributed by atoms with E-state index >= 15 is 0 Å². The number of hydrogen-bond acceptors (Lipinski definition) is 4. The van der Waals surface area contributed by atoms with Crippen molar-refractivity contribution >= 4 is 5.97 Å². The fourth-order valence-corrected chi connectivity index (χ4v) is 2.18. The number of likely N-dealkylation sites (tertiary alicyclic amines) is 1. The van der Waals surface area contributed by atoms with Gasteiger partial charge in [0.2, 0.25) is 0 Å². The number of rotatable bonds is 8. The molecule has 1 rings (SSSR count). The van der Waals surface area contributed by atoms with Crippen molar-refractivity contribution in [2.24, 2.45) is 0 Å². The number of hydrogen-bond donors (Lipinski definition) is 1. The maximum Gasteiger partial charge on any atom is 0.305 e. The predicted molar refractivity (Wildman–Crippen MR) is 66.8 cm³/mol. The molecule has 0 atom stereocenters. The Labute approximate surface area is 104 Å². The van der Waals surface area contributed by atoms with Gasteiger partial charge in [-0.1, -0.05) is 13.3 Å². The van der Waals surface area contributed by atoms with Crippen molar-refractivity contribution in [2.45, 2.75) is 51.6 Å². The standard InChI is InChI=1S/C13H25NO3/c1-3-13(16)10-14(11-13)9-7-5-6-8-12(15)17-4-2/h16H,3-11H2,1-2H3. The van der Waals surface area contributed by atoms with Crippen LogP contribution < -0.4 is 0 Å². The van der Waals surface area contributed by atoms with Crippen LogP contribution in [0.1, 0.15) is 46.0 Å². The highest BCUT2D eigenvalue weighted by Gasteiger charge is 2.38. The Bertz CT molecular complexity index is 237. The summed E-state index contributed by atoms with van der Waals surface area (Å²) in [4.78, 5) is 13.3. The third kappa shape index (κ3) is 5.04. The summed E-state index contributed by atoms with van der Waals surface area (Å²) in [5, 5.41) is 9.82. The minimum absolute atomic E-state index is 0.0863. The molecule has 0 aromatic rings. The number of aliphatic hydroxyl groups is 1.